The van der Waals surface area contributed by atoms with Crippen LogP contribution in [0.3, 0.4) is 0 Å². The van der Waals surface area contributed by atoms with Gasteiger partial charge in [-0.25, -0.2) is 0 Å². The maximum atomic E-state index is 12.0. The molecule has 0 spiro atoms. The van der Waals surface area contributed by atoms with Gasteiger partial charge < -0.3 is 15.5 Å². The molecular formula is C18H28N4O. The van der Waals surface area contributed by atoms with E-state index >= 15 is 0 Å². The molecule has 0 aliphatic carbocycles. The van der Waals surface area contributed by atoms with E-state index in [9.17, 15) is 4.79 Å². The van der Waals surface area contributed by atoms with Crippen LogP contribution < -0.4 is 10.6 Å². The quantitative estimate of drug-likeness (QED) is 0.334. The van der Waals surface area contributed by atoms with Crippen molar-refractivity contribution in [3.8, 4) is 0 Å². The Labute approximate surface area is 139 Å². The highest BCUT2D eigenvalue weighted by Gasteiger charge is 2.06. The smallest absolute Gasteiger partial charge is 0.251 e. The summed E-state index contributed by atoms with van der Waals surface area (Å²) in [5.41, 5.74) is 1.77. The molecule has 0 heterocycles. The second kappa shape index (κ2) is 10.4. The van der Waals surface area contributed by atoms with Crippen molar-refractivity contribution >= 4 is 11.9 Å². The summed E-state index contributed by atoms with van der Waals surface area (Å²) in [5, 5.41) is 6.16. The average Bonchev–Trinajstić information content (AvgIpc) is 2.54. The number of hydrogen-bond donors (Lipinski definition) is 2. The van der Waals surface area contributed by atoms with Gasteiger partial charge in [-0.1, -0.05) is 23.8 Å². The molecule has 0 aromatic heterocycles. The van der Waals surface area contributed by atoms with Crippen LogP contribution in [0.15, 0.2) is 41.9 Å². The van der Waals surface area contributed by atoms with Crippen molar-refractivity contribution in [2.75, 3.05) is 33.7 Å². The van der Waals surface area contributed by atoms with Crippen LogP contribution in [-0.4, -0.2) is 50.5 Å². The minimum atomic E-state index is -0.0511. The third-order valence-electron chi connectivity index (χ3n) is 3.45. The van der Waals surface area contributed by atoms with E-state index in [1.54, 1.807) is 7.05 Å². The third-order valence-corrected chi connectivity index (χ3v) is 3.45. The summed E-state index contributed by atoms with van der Waals surface area (Å²) in [4.78, 5) is 18.4. The monoisotopic (exact) mass is 316 g/mol. The van der Waals surface area contributed by atoms with Gasteiger partial charge in [0.2, 0.25) is 0 Å². The largest absolute Gasteiger partial charge is 0.354 e. The van der Waals surface area contributed by atoms with Crippen LogP contribution in [0.4, 0.5) is 0 Å². The van der Waals surface area contributed by atoms with Crippen LogP contribution in [0.25, 0.3) is 0 Å². The van der Waals surface area contributed by atoms with Gasteiger partial charge in [0.1, 0.15) is 0 Å². The Morgan fingerprint density at radius 3 is 2.74 bits per heavy atom. The van der Waals surface area contributed by atoms with Crippen LogP contribution in [0, 0.1) is 6.92 Å². The SMILES string of the molecule is C=CCCCN(C)C(=NC)NCCNC(=O)c1cccc(C)c1. The van der Waals surface area contributed by atoms with E-state index in [-0.39, 0.29) is 5.91 Å². The van der Waals surface area contributed by atoms with Crippen molar-refractivity contribution in [3.05, 3.63) is 48.0 Å². The number of unbranched alkanes of at least 4 members (excludes halogenated alkanes) is 1. The summed E-state index contributed by atoms with van der Waals surface area (Å²) < 4.78 is 0. The molecule has 0 radical (unpaired) electrons. The van der Waals surface area contributed by atoms with Gasteiger partial charge in [-0.15, -0.1) is 6.58 Å². The zero-order valence-corrected chi connectivity index (χ0v) is 14.4. The third kappa shape index (κ3) is 7.00. The van der Waals surface area contributed by atoms with Crippen molar-refractivity contribution in [1.29, 1.82) is 0 Å². The van der Waals surface area contributed by atoms with E-state index < -0.39 is 0 Å². The topological polar surface area (TPSA) is 56.7 Å². The summed E-state index contributed by atoms with van der Waals surface area (Å²) >= 11 is 0. The number of hydrogen-bond acceptors (Lipinski definition) is 2. The number of nitrogens with one attached hydrogen (secondary N) is 2. The number of carbonyl (C=O) groups is 1. The highest BCUT2D eigenvalue weighted by molar-refractivity contribution is 5.94. The summed E-state index contributed by atoms with van der Waals surface area (Å²) in [5.74, 6) is 0.781. The van der Waals surface area contributed by atoms with Gasteiger partial charge >= 0.3 is 0 Å². The zero-order valence-electron chi connectivity index (χ0n) is 14.4. The van der Waals surface area contributed by atoms with E-state index in [4.69, 9.17) is 0 Å². The van der Waals surface area contributed by atoms with Crippen LogP contribution in [0.5, 0.6) is 0 Å². The molecule has 0 fully saturated rings. The fourth-order valence-corrected chi connectivity index (χ4v) is 2.20. The molecule has 0 aliphatic heterocycles. The van der Waals surface area contributed by atoms with Crippen molar-refractivity contribution in [2.24, 2.45) is 4.99 Å². The second-order valence-electron chi connectivity index (χ2n) is 5.45. The molecule has 126 valence electrons. The van der Waals surface area contributed by atoms with Crippen molar-refractivity contribution in [1.82, 2.24) is 15.5 Å². The van der Waals surface area contributed by atoms with E-state index in [0.717, 1.165) is 30.9 Å². The summed E-state index contributed by atoms with van der Waals surface area (Å²) in [6.07, 6.45) is 3.96. The molecule has 23 heavy (non-hydrogen) atoms. The number of amides is 1. The molecule has 0 aliphatic rings. The lowest BCUT2D eigenvalue weighted by atomic mass is 10.1. The minimum absolute atomic E-state index is 0.0511. The molecule has 5 heteroatoms. The van der Waals surface area contributed by atoms with Crippen LogP contribution in [0.2, 0.25) is 0 Å². The first kappa shape index (κ1) is 18.7. The number of guanidine groups is 1. The predicted octanol–water partition coefficient (Wildman–Crippen LogP) is 2.20. The number of nitrogens with zero attached hydrogens (tertiary/aromatic N) is 2. The average molecular weight is 316 g/mol. The maximum absolute atomic E-state index is 12.0. The highest BCUT2D eigenvalue weighted by Crippen LogP contribution is 2.03. The second-order valence-corrected chi connectivity index (χ2v) is 5.45. The summed E-state index contributed by atoms with van der Waals surface area (Å²) in [7, 11) is 3.77. The molecule has 0 unspecified atom stereocenters. The highest BCUT2D eigenvalue weighted by atomic mass is 16.1. The fraction of sp³-hybridized carbons (Fsp3) is 0.444. The van der Waals surface area contributed by atoms with Crippen molar-refractivity contribution < 1.29 is 4.79 Å². The normalized spacial score (nSPS) is 11.0. The van der Waals surface area contributed by atoms with Crippen molar-refractivity contribution in [3.63, 3.8) is 0 Å². The summed E-state index contributed by atoms with van der Waals surface area (Å²) in [6.45, 7) is 7.80. The Bertz CT molecular complexity index is 540. The van der Waals surface area contributed by atoms with Gasteiger partial charge in [-0.2, -0.15) is 0 Å². The number of rotatable bonds is 8. The Kier molecular flexibility index (Phi) is 8.50. The molecule has 1 amide bonds. The Hall–Kier alpha value is -2.30. The van der Waals surface area contributed by atoms with Gasteiger partial charge in [-0.3, -0.25) is 9.79 Å². The molecule has 0 saturated heterocycles. The van der Waals surface area contributed by atoms with Gasteiger partial charge in [-0.05, 0) is 31.9 Å². The zero-order chi connectivity index (χ0) is 17.1. The maximum Gasteiger partial charge on any atom is 0.251 e. The van der Waals surface area contributed by atoms with E-state index in [0.29, 0.717) is 18.7 Å². The number of aryl methyl sites for hydroxylation is 1. The number of aliphatic imine (C=N–C) groups is 1. The van der Waals surface area contributed by atoms with E-state index in [1.807, 2.05) is 44.3 Å². The van der Waals surface area contributed by atoms with Crippen LogP contribution in [-0.2, 0) is 0 Å². The van der Waals surface area contributed by atoms with E-state index in [1.165, 1.54) is 0 Å². The predicted molar refractivity (Wildman–Crippen MR) is 96.9 cm³/mol. The molecule has 5 nitrogen and oxygen atoms in total. The Balaban J connectivity index is 2.32. The molecule has 0 saturated carbocycles. The molecule has 1 aromatic rings. The van der Waals surface area contributed by atoms with Gasteiger partial charge in [0.25, 0.3) is 5.91 Å². The van der Waals surface area contributed by atoms with Gasteiger partial charge in [0.05, 0.1) is 0 Å². The van der Waals surface area contributed by atoms with Gasteiger partial charge in [0.15, 0.2) is 5.96 Å². The summed E-state index contributed by atoms with van der Waals surface area (Å²) in [6, 6.07) is 7.57. The lowest BCUT2D eigenvalue weighted by Crippen LogP contribution is -2.42. The minimum Gasteiger partial charge on any atom is -0.354 e. The number of carbonyl (C=O) groups excluding carboxylic acids is 1. The Morgan fingerprint density at radius 1 is 1.35 bits per heavy atom. The first-order valence-corrected chi connectivity index (χ1v) is 7.96. The molecule has 0 atom stereocenters. The van der Waals surface area contributed by atoms with Crippen LogP contribution >= 0.6 is 0 Å². The standard InChI is InChI=1S/C18H28N4O/c1-5-6-7-13-22(4)18(19-3)21-12-11-20-17(23)16-10-8-9-15(2)14-16/h5,8-10,14H,1,6-7,11-13H2,2-4H3,(H,19,21)(H,20,23). The number of allylic oxidation sites excluding steroid dienone is 1. The van der Waals surface area contributed by atoms with E-state index in [2.05, 4.69) is 27.1 Å². The first-order valence-electron chi connectivity index (χ1n) is 7.96. The van der Waals surface area contributed by atoms with Crippen LogP contribution in [0.1, 0.15) is 28.8 Å². The first-order chi connectivity index (χ1) is 11.1. The Morgan fingerprint density at radius 2 is 2.09 bits per heavy atom. The lowest BCUT2D eigenvalue weighted by molar-refractivity contribution is 0.0954. The molecule has 1 rings (SSSR count). The number of benzene rings is 1. The lowest BCUT2D eigenvalue weighted by Gasteiger charge is -2.21. The molecule has 0 bridgehead atoms. The van der Waals surface area contributed by atoms with Crippen molar-refractivity contribution in [2.45, 2.75) is 19.8 Å². The fourth-order valence-electron chi connectivity index (χ4n) is 2.20. The molecule has 1 aromatic carbocycles. The molecular weight excluding hydrogens is 288 g/mol. The van der Waals surface area contributed by atoms with Gasteiger partial charge in [0, 0.05) is 39.3 Å². The molecule has 2 N–H and O–H groups in total.